The number of amides is 1. The number of piperidine rings is 3. The lowest BCUT2D eigenvalue weighted by molar-refractivity contribution is 0.0218. The first kappa shape index (κ1) is 16.4. The van der Waals surface area contributed by atoms with E-state index in [1.54, 1.807) is 0 Å². The summed E-state index contributed by atoms with van der Waals surface area (Å²) < 4.78 is 6.05. The minimum absolute atomic E-state index is 0.000937. The standard InChI is InChI=1S/C15H17ClN4O2S2/c1-8-12(9-4-6-20(8)7-5-9)17-13(21)10-2-3-11(23-10)24-15-19-18-14(16)22-15/h2-3,8-9,12H,4-7H2,1H3,(H,17,21). The van der Waals surface area contributed by atoms with E-state index in [0.717, 1.165) is 17.3 Å². The van der Waals surface area contributed by atoms with E-state index in [4.69, 9.17) is 16.0 Å². The summed E-state index contributed by atoms with van der Waals surface area (Å²) in [5, 5.41) is 11.1. The fourth-order valence-electron chi connectivity index (χ4n) is 3.59. The van der Waals surface area contributed by atoms with Crippen molar-refractivity contribution in [3.05, 3.63) is 22.4 Å². The predicted molar refractivity (Wildman–Crippen MR) is 92.8 cm³/mol. The number of nitrogens with one attached hydrogen (secondary N) is 1. The Bertz CT molecular complexity index is 739. The van der Waals surface area contributed by atoms with Gasteiger partial charge in [0.05, 0.1) is 9.09 Å². The Hall–Kier alpha value is -1.09. The minimum atomic E-state index is 0.000937. The number of carbonyl (C=O) groups excluding carboxylic acids is 1. The number of carbonyl (C=O) groups is 1. The van der Waals surface area contributed by atoms with Crippen molar-refractivity contribution in [2.75, 3.05) is 13.1 Å². The van der Waals surface area contributed by atoms with Crippen LogP contribution in [0, 0.1) is 5.92 Å². The number of rotatable bonds is 4. The zero-order valence-corrected chi connectivity index (χ0v) is 15.5. The first-order chi connectivity index (χ1) is 11.6. The van der Waals surface area contributed by atoms with Crippen LogP contribution in [0.4, 0.5) is 0 Å². The fourth-order valence-corrected chi connectivity index (χ4v) is 5.54. The highest BCUT2D eigenvalue weighted by molar-refractivity contribution is 8.01. The molecule has 3 fully saturated rings. The maximum absolute atomic E-state index is 12.6. The quantitative estimate of drug-likeness (QED) is 0.873. The number of thiophene rings is 1. The van der Waals surface area contributed by atoms with E-state index in [2.05, 4.69) is 27.3 Å². The third-order valence-electron chi connectivity index (χ3n) is 4.85. The first-order valence-corrected chi connectivity index (χ1v) is 9.93. The average molecular weight is 385 g/mol. The molecule has 9 heteroatoms. The molecule has 0 spiro atoms. The normalized spacial score (nSPS) is 28.9. The van der Waals surface area contributed by atoms with Crippen LogP contribution in [0.15, 0.2) is 26.0 Å². The van der Waals surface area contributed by atoms with Crippen LogP contribution in [0.2, 0.25) is 5.35 Å². The van der Waals surface area contributed by atoms with Crippen molar-refractivity contribution in [3.63, 3.8) is 0 Å². The molecule has 3 aliphatic rings. The van der Waals surface area contributed by atoms with E-state index >= 15 is 0 Å². The molecule has 2 bridgehead atoms. The maximum Gasteiger partial charge on any atom is 0.313 e. The third kappa shape index (κ3) is 3.20. The largest absolute Gasteiger partial charge is 0.402 e. The van der Waals surface area contributed by atoms with E-state index < -0.39 is 0 Å². The highest BCUT2D eigenvalue weighted by atomic mass is 35.5. The maximum atomic E-state index is 12.6. The number of halogens is 1. The Kier molecular flexibility index (Phi) is 4.55. The smallest absolute Gasteiger partial charge is 0.313 e. The van der Waals surface area contributed by atoms with Crippen molar-refractivity contribution in [3.8, 4) is 0 Å². The van der Waals surface area contributed by atoms with Crippen LogP contribution in [-0.4, -0.2) is 46.2 Å². The highest BCUT2D eigenvalue weighted by Gasteiger charge is 2.40. The van der Waals surface area contributed by atoms with Gasteiger partial charge in [-0.05, 0) is 74.3 Å². The first-order valence-electron chi connectivity index (χ1n) is 7.92. The zero-order chi connectivity index (χ0) is 16.7. The summed E-state index contributed by atoms with van der Waals surface area (Å²) in [5.74, 6) is 0.601. The topological polar surface area (TPSA) is 71.3 Å². The second kappa shape index (κ2) is 6.67. The average Bonchev–Trinajstić information content (AvgIpc) is 3.21. The number of aromatic nitrogens is 2. The molecule has 3 saturated heterocycles. The van der Waals surface area contributed by atoms with Crippen LogP contribution in [-0.2, 0) is 0 Å². The van der Waals surface area contributed by atoms with Crippen molar-refractivity contribution >= 4 is 40.6 Å². The van der Waals surface area contributed by atoms with Crippen LogP contribution >= 0.6 is 34.7 Å². The van der Waals surface area contributed by atoms with Gasteiger partial charge in [-0.1, -0.05) is 10.2 Å². The van der Waals surface area contributed by atoms with Crippen LogP contribution in [0.3, 0.4) is 0 Å². The van der Waals surface area contributed by atoms with Gasteiger partial charge in [-0.25, -0.2) is 0 Å². The highest BCUT2D eigenvalue weighted by Crippen LogP contribution is 2.35. The zero-order valence-electron chi connectivity index (χ0n) is 13.1. The van der Waals surface area contributed by atoms with Gasteiger partial charge in [0.2, 0.25) is 0 Å². The molecular formula is C15H17ClN4O2S2. The predicted octanol–water partition coefficient (Wildman–Crippen LogP) is 3.15. The van der Waals surface area contributed by atoms with Gasteiger partial charge in [0.15, 0.2) is 0 Å². The van der Waals surface area contributed by atoms with Gasteiger partial charge < -0.3 is 9.73 Å². The van der Waals surface area contributed by atoms with E-state index in [0.29, 0.717) is 22.1 Å². The Morgan fingerprint density at radius 3 is 2.88 bits per heavy atom. The molecule has 0 saturated carbocycles. The molecule has 6 nitrogen and oxygen atoms in total. The summed E-state index contributed by atoms with van der Waals surface area (Å²) >= 11 is 8.35. The lowest BCUT2D eigenvalue weighted by Crippen LogP contribution is -2.62. The van der Waals surface area contributed by atoms with Gasteiger partial charge in [0.25, 0.3) is 11.1 Å². The second-order valence-corrected chi connectivity index (χ2v) is 8.81. The Morgan fingerprint density at radius 2 is 2.21 bits per heavy atom. The molecule has 3 aliphatic heterocycles. The van der Waals surface area contributed by atoms with Crippen LogP contribution in [0.1, 0.15) is 29.4 Å². The van der Waals surface area contributed by atoms with Crippen molar-refractivity contribution < 1.29 is 9.21 Å². The summed E-state index contributed by atoms with van der Waals surface area (Å²) in [5.41, 5.74) is 0. The Labute approximate surface area is 153 Å². The molecule has 2 unspecified atom stereocenters. The third-order valence-corrected chi connectivity index (χ3v) is 7.06. The summed E-state index contributed by atoms with van der Waals surface area (Å²) in [6.07, 6.45) is 2.36. The monoisotopic (exact) mass is 384 g/mol. The molecule has 1 amide bonds. The summed E-state index contributed by atoms with van der Waals surface area (Å²) in [6.45, 7) is 4.53. The van der Waals surface area contributed by atoms with Gasteiger partial charge in [-0.15, -0.1) is 11.3 Å². The van der Waals surface area contributed by atoms with Gasteiger partial charge in [-0.2, -0.15) is 0 Å². The van der Waals surface area contributed by atoms with Crippen LogP contribution in [0.5, 0.6) is 0 Å². The summed E-state index contributed by atoms with van der Waals surface area (Å²) in [4.78, 5) is 15.8. The lowest BCUT2D eigenvalue weighted by atomic mass is 9.79. The van der Waals surface area contributed by atoms with Crippen molar-refractivity contribution in [1.82, 2.24) is 20.4 Å². The second-order valence-electron chi connectivity index (χ2n) is 6.15. The Morgan fingerprint density at radius 1 is 1.42 bits per heavy atom. The van der Waals surface area contributed by atoms with Gasteiger partial charge in [0, 0.05) is 12.1 Å². The van der Waals surface area contributed by atoms with E-state index in [1.807, 2.05) is 12.1 Å². The van der Waals surface area contributed by atoms with Gasteiger partial charge >= 0.3 is 5.35 Å². The molecule has 2 atom stereocenters. The molecule has 0 radical (unpaired) electrons. The van der Waals surface area contributed by atoms with Crippen molar-refractivity contribution in [1.29, 1.82) is 0 Å². The molecule has 5 heterocycles. The molecule has 0 aromatic carbocycles. The van der Waals surface area contributed by atoms with Crippen LogP contribution < -0.4 is 5.32 Å². The van der Waals surface area contributed by atoms with Crippen molar-refractivity contribution in [2.45, 2.75) is 41.3 Å². The molecule has 0 aliphatic carbocycles. The molecule has 1 N–H and O–H groups in total. The number of nitrogens with zero attached hydrogens (tertiary/aromatic N) is 3. The minimum Gasteiger partial charge on any atom is -0.402 e. The number of hydrogen-bond donors (Lipinski definition) is 1. The lowest BCUT2D eigenvalue weighted by Gasteiger charge is -2.49. The van der Waals surface area contributed by atoms with Gasteiger partial charge in [0.1, 0.15) is 0 Å². The summed E-state index contributed by atoms with van der Waals surface area (Å²) in [7, 11) is 0. The number of hydrogen-bond acceptors (Lipinski definition) is 7. The van der Waals surface area contributed by atoms with Gasteiger partial charge in [-0.3, -0.25) is 9.69 Å². The SMILES string of the molecule is CC1C(NC(=O)c2ccc(Sc3nnc(Cl)o3)s2)C2CCN1CC2. The number of fused-ring (bicyclic) bond motifs is 3. The molecule has 2 aromatic heterocycles. The summed E-state index contributed by atoms with van der Waals surface area (Å²) in [6, 6.07) is 4.39. The van der Waals surface area contributed by atoms with E-state index in [9.17, 15) is 4.79 Å². The molecule has 24 heavy (non-hydrogen) atoms. The fraction of sp³-hybridized carbons (Fsp3) is 0.533. The van der Waals surface area contributed by atoms with E-state index in [-0.39, 0.29) is 17.3 Å². The Balaban J connectivity index is 1.41. The molecule has 5 rings (SSSR count). The van der Waals surface area contributed by atoms with E-state index in [1.165, 1.54) is 35.9 Å². The molecular weight excluding hydrogens is 368 g/mol. The van der Waals surface area contributed by atoms with Crippen LogP contribution in [0.25, 0.3) is 0 Å². The molecule has 2 aromatic rings. The molecule has 128 valence electrons. The van der Waals surface area contributed by atoms with Crippen molar-refractivity contribution in [2.24, 2.45) is 5.92 Å².